The van der Waals surface area contributed by atoms with Crippen LogP contribution in [-0.4, -0.2) is 83.2 Å². The van der Waals surface area contributed by atoms with Gasteiger partial charge in [0.15, 0.2) is 0 Å². The van der Waals surface area contributed by atoms with E-state index in [-0.39, 0.29) is 0 Å². The van der Waals surface area contributed by atoms with Gasteiger partial charge in [0.2, 0.25) is 0 Å². The normalized spacial score (nSPS) is 27.6. The molecule has 25 heavy (non-hydrogen) atoms. The van der Waals surface area contributed by atoms with Gasteiger partial charge in [0, 0.05) is 51.9 Å². The Balaban J connectivity index is 1.40. The third-order valence-corrected chi connectivity index (χ3v) is 5.99. The maximum Gasteiger partial charge on any atom is 0.146 e. The zero-order valence-corrected chi connectivity index (χ0v) is 15.4. The van der Waals surface area contributed by atoms with Crippen LogP contribution < -0.4 is 0 Å². The van der Waals surface area contributed by atoms with Crippen LogP contribution in [0.5, 0.6) is 0 Å². The van der Waals surface area contributed by atoms with Crippen LogP contribution >= 0.6 is 0 Å². The Labute approximate surface area is 150 Å². The van der Waals surface area contributed by atoms with Gasteiger partial charge in [-0.15, -0.1) is 10.2 Å². The van der Waals surface area contributed by atoms with E-state index in [1.165, 1.54) is 38.1 Å². The summed E-state index contributed by atoms with van der Waals surface area (Å²) in [4.78, 5) is 5.08. The molecule has 0 bridgehead atoms. The third-order valence-electron chi connectivity index (χ3n) is 5.99. The highest BCUT2D eigenvalue weighted by Crippen LogP contribution is 2.29. The predicted octanol–water partition coefficient (Wildman–Crippen LogP) is 1.01. The van der Waals surface area contributed by atoms with E-state index in [2.05, 4.69) is 31.6 Å². The Hall–Kier alpha value is -1.02. The number of piperidine rings is 1. The highest BCUT2D eigenvalue weighted by molar-refractivity contribution is 5.04. The molecule has 0 radical (unpaired) electrons. The summed E-state index contributed by atoms with van der Waals surface area (Å²) in [6.07, 6.45) is 4.83. The first-order valence-electron chi connectivity index (χ1n) is 9.81. The molecule has 7 heteroatoms. The third kappa shape index (κ3) is 4.05. The van der Waals surface area contributed by atoms with Gasteiger partial charge >= 0.3 is 0 Å². The lowest BCUT2D eigenvalue weighted by atomic mass is 9.94. The molecule has 1 aromatic heterocycles. The summed E-state index contributed by atoms with van der Waals surface area (Å²) in [5.74, 6) is 2.76. The zero-order valence-electron chi connectivity index (χ0n) is 15.4. The van der Waals surface area contributed by atoms with Gasteiger partial charge in [0.05, 0.1) is 19.8 Å². The van der Waals surface area contributed by atoms with Gasteiger partial charge in [-0.05, 0) is 32.2 Å². The maximum atomic E-state index is 5.53. The lowest BCUT2D eigenvalue weighted by Gasteiger charge is -2.39. The lowest BCUT2D eigenvalue weighted by molar-refractivity contribution is 0.0232. The number of hydrogen-bond donors (Lipinski definition) is 0. The maximum absolute atomic E-state index is 5.53. The van der Waals surface area contributed by atoms with Crippen molar-refractivity contribution < 1.29 is 9.47 Å². The molecule has 7 nitrogen and oxygen atoms in total. The van der Waals surface area contributed by atoms with Gasteiger partial charge < -0.3 is 14.0 Å². The summed E-state index contributed by atoms with van der Waals surface area (Å²) in [7, 11) is 2.14. The van der Waals surface area contributed by atoms with Gasteiger partial charge in [-0.25, -0.2) is 0 Å². The molecule has 0 spiro atoms. The largest absolute Gasteiger partial charge is 0.381 e. The summed E-state index contributed by atoms with van der Waals surface area (Å²) >= 11 is 0. The monoisotopic (exact) mass is 349 g/mol. The molecule has 0 aliphatic carbocycles. The first-order valence-corrected chi connectivity index (χ1v) is 9.81. The molecular weight excluding hydrogens is 318 g/mol. The van der Waals surface area contributed by atoms with Crippen molar-refractivity contribution >= 4 is 0 Å². The Morgan fingerprint density at radius 3 is 2.52 bits per heavy atom. The number of rotatable bonds is 4. The van der Waals surface area contributed by atoms with Crippen molar-refractivity contribution in [2.75, 3.05) is 52.6 Å². The van der Waals surface area contributed by atoms with Gasteiger partial charge in [0.25, 0.3) is 0 Å². The number of likely N-dealkylation sites (tertiary alicyclic amines) is 1. The molecule has 1 aromatic rings. The minimum absolute atomic E-state index is 0.507. The molecule has 1 atom stereocenters. The van der Waals surface area contributed by atoms with E-state index < -0.39 is 0 Å². The fourth-order valence-corrected chi connectivity index (χ4v) is 4.43. The average Bonchev–Trinajstić information content (AvgIpc) is 3.04. The summed E-state index contributed by atoms with van der Waals surface area (Å²) in [5, 5.41) is 9.10. The van der Waals surface area contributed by atoms with E-state index in [1.54, 1.807) is 0 Å². The minimum atomic E-state index is 0.507. The minimum Gasteiger partial charge on any atom is -0.381 e. The summed E-state index contributed by atoms with van der Waals surface area (Å²) < 4.78 is 13.2. The van der Waals surface area contributed by atoms with E-state index in [0.29, 0.717) is 12.0 Å². The fourth-order valence-electron chi connectivity index (χ4n) is 4.43. The lowest BCUT2D eigenvalue weighted by Crippen LogP contribution is -2.45. The van der Waals surface area contributed by atoms with Crippen molar-refractivity contribution in [3.05, 3.63) is 11.6 Å². The van der Waals surface area contributed by atoms with E-state index in [4.69, 9.17) is 9.47 Å². The Morgan fingerprint density at radius 2 is 1.72 bits per heavy atom. The molecule has 3 aliphatic heterocycles. The topological polar surface area (TPSA) is 55.7 Å². The van der Waals surface area contributed by atoms with Crippen LogP contribution in [0.2, 0.25) is 0 Å². The molecule has 3 saturated heterocycles. The van der Waals surface area contributed by atoms with Gasteiger partial charge in [-0.1, -0.05) is 0 Å². The van der Waals surface area contributed by atoms with Crippen LogP contribution in [0.4, 0.5) is 0 Å². The molecule has 0 aromatic carbocycles. The SMILES string of the molecule is Cn1c(CN2CCOCC2)nnc1[C@H]1CCCN(C2CCOCC2)C1. The van der Waals surface area contributed by atoms with Crippen LogP contribution in [0.3, 0.4) is 0 Å². The number of nitrogens with zero attached hydrogens (tertiary/aromatic N) is 5. The van der Waals surface area contributed by atoms with E-state index in [0.717, 1.165) is 58.4 Å². The molecule has 3 aliphatic rings. The predicted molar refractivity (Wildman–Crippen MR) is 94.5 cm³/mol. The molecule has 4 rings (SSSR count). The molecule has 0 N–H and O–H groups in total. The van der Waals surface area contributed by atoms with E-state index in [1.807, 2.05) is 0 Å². The molecule has 3 fully saturated rings. The second-order valence-corrected chi connectivity index (χ2v) is 7.60. The number of morpholine rings is 1. The number of hydrogen-bond acceptors (Lipinski definition) is 6. The van der Waals surface area contributed by atoms with Gasteiger partial charge in [-0.2, -0.15) is 0 Å². The van der Waals surface area contributed by atoms with Crippen molar-refractivity contribution in [3.8, 4) is 0 Å². The van der Waals surface area contributed by atoms with E-state index >= 15 is 0 Å². The summed E-state index contributed by atoms with van der Waals surface area (Å²) in [5.41, 5.74) is 0. The van der Waals surface area contributed by atoms with Crippen molar-refractivity contribution in [1.29, 1.82) is 0 Å². The Kier molecular flexibility index (Phi) is 5.65. The smallest absolute Gasteiger partial charge is 0.146 e. The van der Waals surface area contributed by atoms with Crippen molar-refractivity contribution in [2.24, 2.45) is 7.05 Å². The van der Waals surface area contributed by atoms with E-state index in [9.17, 15) is 0 Å². The molecule has 0 unspecified atom stereocenters. The second-order valence-electron chi connectivity index (χ2n) is 7.60. The summed E-state index contributed by atoms with van der Waals surface area (Å²) in [6.45, 7) is 8.68. The zero-order chi connectivity index (χ0) is 17.1. The molecule has 4 heterocycles. The standard InChI is InChI=1S/C18H31N5O2/c1-21-17(14-22-7-11-25-12-8-22)19-20-18(21)15-3-2-6-23(13-15)16-4-9-24-10-5-16/h15-16H,2-14H2,1H3/t15-/m0/s1. The van der Waals surface area contributed by atoms with Crippen LogP contribution in [0, 0.1) is 0 Å². The quantitative estimate of drug-likeness (QED) is 0.809. The van der Waals surface area contributed by atoms with Crippen LogP contribution in [-0.2, 0) is 23.1 Å². The van der Waals surface area contributed by atoms with Crippen molar-refractivity contribution in [2.45, 2.75) is 44.2 Å². The molecule has 0 saturated carbocycles. The Morgan fingerprint density at radius 1 is 0.960 bits per heavy atom. The average molecular weight is 349 g/mol. The molecule has 140 valence electrons. The van der Waals surface area contributed by atoms with Crippen LogP contribution in [0.15, 0.2) is 0 Å². The highest BCUT2D eigenvalue weighted by Gasteiger charge is 2.30. The number of ether oxygens (including phenoxy) is 2. The summed E-state index contributed by atoms with van der Waals surface area (Å²) in [6, 6.07) is 0.692. The second kappa shape index (κ2) is 8.12. The van der Waals surface area contributed by atoms with Crippen LogP contribution in [0.1, 0.15) is 43.3 Å². The molecular formula is C18H31N5O2. The highest BCUT2D eigenvalue weighted by atomic mass is 16.5. The van der Waals surface area contributed by atoms with Gasteiger partial charge in [-0.3, -0.25) is 9.80 Å². The fraction of sp³-hybridized carbons (Fsp3) is 0.889. The van der Waals surface area contributed by atoms with Crippen molar-refractivity contribution in [1.82, 2.24) is 24.6 Å². The van der Waals surface area contributed by atoms with Gasteiger partial charge in [0.1, 0.15) is 11.6 Å². The number of aromatic nitrogens is 3. The first-order chi connectivity index (χ1) is 12.3. The Bertz CT molecular complexity index is 552. The first kappa shape index (κ1) is 17.4. The van der Waals surface area contributed by atoms with Crippen LogP contribution in [0.25, 0.3) is 0 Å². The van der Waals surface area contributed by atoms with Crippen molar-refractivity contribution in [3.63, 3.8) is 0 Å². The molecule has 0 amide bonds.